The molecule has 6 heteroatoms. The Morgan fingerprint density at radius 2 is 2.24 bits per heavy atom. The zero-order valence-electron chi connectivity index (χ0n) is 13.2. The summed E-state index contributed by atoms with van der Waals surface area (Å²) < 4.78 is 8.65. The summed E-state index contributed by atoms with van der Waals surface area (Å²) in [5.74, 6) is 0. The summed E-state index contributed by atoms with van der Waals surface area (Å²) in [6, 6.07) is 0. The van der Waals surface area contributed by atoms with Gasteiger partial charge in [-0.1, -0.05) is 13.8 Å². The highest BCUT2D eigenvalue weighted by Gasteiger charge is 2.28. The van der Waals surface area contributed by atoms with E-state index in [4.69, 9.17) is 4.74 Å². The third-order valence-corrected chi connectivity index (χ3v) is 4.97. The minimum atomic E-state index is -0.499. The molecule has 0 amide bonds. The van der Waals surface area contributed by atoms with Crippen LogP contribution in [0.5, 0.6) is 0 Å². The number of aliphatic hydroxyl groups is 1. The maximum Gasteiger partial charge on any atom is 0.0964 e. The Bertz CT molecular complexity index is 462. The fourth-order valence-corrected chi connectivity index (χ4v) is 3.63. The number of aryl methyl sites for hydroxylation is 2. The molecular formula is C15H26BrN3O2. The van der Waals surface area contributed by atoms with Crippen LogP contribution in [-0.4, -0.2) is 58.2 Å². The summed E-state index contributed by atoms with van der Waals surface area (Å²) in [5.41, 5.74) is 2.08. The largest absolute Gasteiger partial charge is 0.390 e. The van der Waals surface area contributed by atoms with Crippen LogP contribution in [-0.2, 0) is 24.6 Å². The third kappa shape index (κ3) is 4.06. The van der Waals surface area contributed by atoms with Gasteiger partial charge in [-0.2, -0.15) is 5.10 Å². The van der Waals surface area contributed by atoms with E-state index >= 15 is 0 Å². The maximum atomic E-state index is 10.5. The van der Waals surface area contributed by atoms with Crippen LogP contribution >= 0.6 is 15.9 Å². The molecular weight excluding hydrogens is 334 g/mol. The van der Waals surface area contributed by atoms with Crippen molar-refractivity contribution in [3.05, 3.63) is 15.9 Å². The molecule has 1 saturated heterocycles. The van der Waals surface area contributed by atoms with Crippen molar-refractivity contribution in [3.8, 4) is 0 Å². The molecule has 2 heterocycles. The molecule has 5 nitrogen and oxygen atoms in total. The van der Waals surface area contributed by atoms with Crippen molar-refractivity contribution in [1.29, 1.82) is 0 Å². The van der Waals surface area contributed by atoms with Gasteiger partial charge < -0.3 is 9.84 Å². The lowest BCUT2D eigenvalue weighted by Crippen LogP contribution is -2.48. The third-order valence-electron chi connectivity index (χ3n) is 4.05. The summed E-state index contributed by atoms with van der Waals surface area (Å²) in [6.45, 7) is 7.81. The predicted octanol–water partition coefficient (Wildman–Crippen LogP) is 1.76. The first-order valence-corrected chi connectivity index (χ1v) is 8.58. The quantitative estimate of drug-likeness (QED) is 0.840. The Morgan fingerprint density at radius 3 is 2.86 bits per heavy atom. The van der Waals surface area contributed by atoms with Crippen molar-refractivity contribution >= 4 is 15.9 Å². The molecule has 1 N–H and O–H groups in total. The van der Waals surface area contributed by atoms with Gasteiger partial charge in [-0.3, -0.25) is 9.58 Å². The molecule has 0 radical (unpaired) electrons. The van der Waals surface area contributed by atoms with Gasteiger partial charge in [-0.15, -0.1) is 0 Å². The van der Waals surface area contributed by atoms with Gasteiger partial charge in [0.15, 0.2) is 0 Å². The number of ether oxygens (including phenoxy) is 1. The number of aromatic nitrogens is 2. The Labute approximate surface area is 135 Å². The average Bonchev–Trinajstić information content (AvgIpc) is 2.75. The highest BCUT2D eigenvalue weighted by Crippen LogP contribution is 2.24. The number of aliphatic hydroxyl groups excluding tert-OH is 1. The maximum absolute atomic E-state index is 10.5. The molecule has 1 aromatic heterocycles. The van der Waals surface area contributed by atoms with Gasteiger partial charge in [0.05, 0.1) is 34.7 Å². The van der Waals surface area contributed by atoms with Gasteiger partial charge in [0.2, 0.25) is 0 Å². The first-order chi connectivity index (χ1) is 10.1. The summed E-state index contributed by atoms with van der Waals surface area (Å²) in [7, 11) is 1.93. The zero-order valence-corrected chi connectivity index (χ0v) is 14.8. The fourth-order valence-electron chi connectivity index (χ4n) is 2.85. The smallest absolute Gasteiger partial charge is 0.0964 e. The lowest BCUT2D eigenvalue weighted by atomic mass is 10.1. The molecule has 2 unspecified atom stereocenters. The predicted molar refractivity (Wildman–Crippen MR) is 86.5 cm³/mol. The molecule has 0 aromatic carbocycles. The first-order valence-electron chi connectivity index (χ1n) is 7.79. The summed E-state index contributed by atoms with van der Waals surface area (Å²) >= 11 is 3.61. The summed E-state index contributed by atoms with van der Waals surface area (Å²) in [5, 5.41) is 15.0. The van der Waals surface area contributed by atoms with Crippen LogP contribution in [0.2, 0.25) is 0 Å². The SMILES string of the molecule is CCCN1CCOC(C(O)Cc2c(Br)c(CC)nn2C)C1. The number of rotatable bonds is 6. The molecule has 2 rings (SSSR count). The van der Waals surface area contributed by atoms with E-state index in [1.54, 1.807) is 0 Å². The Hall–Kier alpha value is -0.430. The molecule has 0 spiro atoms. The van der Waals surface area contributed by atoms with Crippen LogP contribution in [0, 0.1) is 0 Å². The zero-order chi connectivity index (χ0) is 15.4. The molecule has 2 atom stereocenters. The van der Waals surface area contributed by atoms with E-state index in [1.807, 2.05) is 11.7 Å². The molecule has 120 valence electrons. The molecule has 21 heavy (non-hydrogen) atoms. The Balaban J connectivity index is 2.00. The number of nitrogens with zero attached hydrogens (tertiary/aromatic N) is 3. The Kier molecular flexibility index (Phi) is 6.22. The van der Waals surface area contributed by atoms with Crippen molar-refractivity contribution in [2.45, 2.75) is 45.3 Å². The molecule has 0 aliphatic carbocycles. The topological polar surface area (TPSA) is 50.5 Å². The molecule has 1 fully saturated rings. The molecule has 0 bridgehead atoms. The lowest BCUT2D eigenvalue weighted by molar-refractivity contribution is -0.0881. The standard InChI is InChI=1S/C15H26BrN3O2/c1-4-6-19-7-8-21-14(10-19)13(20)9-12-15(16)11(5-2)17-18(12)3/h13-14,20H,4-10H2,1-3H3. The van der Waals surface area contributed by atoms with Gasteiger partial charge in [0, 0.05) is 26.6 Å². The van der Waals surface area contributed by atoms with E-state index in [0.29, 0.717) is 13.0 Å². The van der Waals surface area contributed by atoms with Crippen molar-refractivity contribution in [2.24, 2.45) is 7.05 Å². The second-order valence-corrected chi connectivity index (χ2v) is 6.46. The minimum Gasteiger partial charge on any atom is -0.390 e. The molecule has 0 saturated carbocycles. The van der Waals surface area contributed by atoms with E-state index in [9.17, 15) is 5.11 Å². The first kappa shape index (κ1) is 16.9. The summed E-state index contributed by atoms with van der Waals surface area (Å²) in [4.78, 5) is 2.37. The van der Waals surface area contributed by atoms with Gasteiger partial charge in [0.1, 0.15) is 0 Å². The lowest BCUT2D eigenvalue weighted by Gasteiger charge is -2.35. The highest BCUT2D eigenvalue weighted by atomic mass is 79.9. The van der Waals surface area contributed by atoms with Crippen molar-refractivity contribution in [3.63, 3.8) is 0 Å². The van der Waals surface area contributed by atoms with Crippen LogP contribution in [0.15, 0.2) is 4.47 Å². The van der Waals surface area contributed by atoms with E-state index in [1.165, 1.54) is 0 Å². The molecule has 1 aromatic rings. The van der Waals surface area contributed by atoms with Gasteiger partial charge in [0.25, 0.3) is 0 Å². The number of morpholine rings is 1. The highest BCUT2D eigenvalue weighted by molar-refractivity contribution is 9.10. The van der Waals surface area contributed by atoms with Gasteiger partial charge >= 0.3 is 0 Å². The minimum absolute atomic E-state index is 0.114. The van der Waals surface area contributed by atoms with Crippen LogP contribution in [0.3, 0.4) is 0 Å². The fraction of sp³-hybridized carbons (Fsp3) is 0.800. The van der Waals surface area contributed by atoms with E-state index in [0.717, 1.165) is 48.3 Å². The molecule has 1 aliphatic rings. The second-order valence-electron chi connectivity index (χ2n) is 5.67. The number of halogens is 1. The van der Waals surface area contributed by atoms with E-state index < -0.39 is 6.10 Å². The van der Waals surface area contributed by atoms with Crippen molar-refractivity contribution < 1.29 is 9.84 Å². The van der Waals surface area contributed by atoms with Crippen molar-refractivity contribution in [2.75, 3.05) is 26.2 Å². The van der Waals surface area contributed by atoms with Crippen LogP contribution in [0.4, 0.5) is 0 Å². The van der Waals surface area contributed by atoms with Gasteiger partial charge in [-0.25, -0.2) is 0 Å². The van der Waals surface area contributed by atoms with Crippen LogP contribution < -0.4 is 0 Å². The monoisotopic (exact) mass is 359 g/mol. The number of hydrogen-bond acceptors (Lipinski definition) is 4. The normalized spacial score (nSPS) is 21.7. The number of hydrogen-bond donors (Lipinski definition) is 1. The van der Waals surface area contributed by atoms with Crippen molar-refractivity contribution in [1.82, 2.24) is 14.7 Å². The Morgan fingerprint density at radius 1 is 1.48 bits per heavy atom. The second kappa shape index (κ2) is 7.72. The van der Waals surface area contributed by atoms with E-state index in [-0.39, 0.29) is 6.10 Å². The average molecular weight is 360 g/mol. The van der Waals surface area contributed by atoms with Gasteiger partial charge in [-0.05, 0) is 35.3 Å². The molecule has 1 aliphatic heterocycles. The summed E-state index contributed by atoms with van der Waals surface area (Å²) in [6.07, 6.45) is 1.97. The van der Waals surface area contributed by atoms with Crippen LogP contribution in [0.1, 0.15) is 31.7 Å². The van der Waals surface area contributed by atoms with E-state index in [2.05, 4.69) is 39.8 Å². The van der Waals surface area contributed by atoms with Crippen LogP contribution in [0.25, 0.3) is 0 Å².